The van der Waals surface area contributed by atoms with Gasteiger partial charge in [0.15, 0.2) is 0 Å². The van der Waals surface area contributed by atoms with Crippen LogP contribution < -0.4 is 10.6 Å². The number of carbonyl (C=O) groups excluding carboxylic acids is 2. The van der Waals surface area contributed by atoms with Crippen LogP contribution in [-0.2, 0) is 16.1 Å². The molecule has 1 aliphatic heterocycles. The van der Waals surface area contributed by atoms with Crippen LogP contribution in [0.2, 0.25) is 0 Å². The van der Waals surface area contributed by atoms with Crippen LogP contribution in [0.1, 0.15) is 23.4 Å². The van der Waals surface area contributed by atoms with Crippen LogP contribution in [0.4, 0.5) is 4.79 Å². The summed E-state index contributed by atoms with van der Waals surface area (Å²) in [6.45, 7) is 4.01. The van der Waals surface area contributed by atoms with Gasteiger partial charge in [-0.3, -0.25) is 4.90 Å². The molecule has 2 amide bonds. The highest BCUT2D eigenvalue weighted by atomic mass is 32.1. The molecule has 2 heterocycles. The number of amides is 2. The number of benzene rings is 1. The summed E-state index contributed by atoms with van der Waals surface area (Å²) in [6, 6.07) is 13.1. The number of hydrogen-bond acceptors (Lipinski definition) is 5. The minimum absolute atomic E-state index is 0.313. The van der Waals surface area contributed by atoms with Crippen LogP contribution in [0.3, 0.4) is 0 Å². The molecule has 142 valence electrons. The molecule has 1 aromatic carbocycles. The molecule has 0 radical (unpaired) electrons. The number of rotatable bonds is 7. The van der Waals surface area contributed by atoms with Crippen LogP contribution in [-0.4, -0.2) is 37.1 Å². The standard InChI is InChI=1S/C20H23N3O3S/c1-3-23(12-14-8-5-4-6-9-14)13-15-17(19(24)26-2)18(22-20(25)21-15)16-10-7-11-27-16/h4-11,18H,3,12-13H2,1-2H3,(H2,21,22,25)/t18-/m1/s1. The van der Waals surface area contributed by atoms with Crippen molar-refractivity contribution in [3.05, 3.63) is 69.6 Å². The molecule has 0 fully saturated rings. The van der Waals surface area contributed by atoms with Gasteiger partial charge in [0.1, 0.15) is 0 Å². The number of urea groups is 1. The van der Waals surface area contributed by atoms with E-state index in [-0.39, 0.29) is 6.03 Å². The number of hydrogen-bond donors (Lipinski definition) is 2. The fraction of sp³-hybridized carbons (Fsp3) is 0.300. The Morgan fingerprint density at radius 2 is 1.96 bits per heavy atom. The molecule has 0 aliphatic carbocycles. The number of nitrogens with zero attached hydrogens (tertiary/aromatic N) is 1. The van der Waals surface area contributed by atoms with Gasteiger partial charge in [0.2, 0.25) is 0 Å². The first-order chi connectivity index (χ1) is 13.1. The predicted molar refractivity (Wildman–Crippen MR) is 105 cm³/mol. The monoisotopic (exact) mass is 385 g/mol. The maximum Gasteiger partial charge on any atom is 0.338 e. The third kappa shape index (κ3) is 4.56. The maximum atomic E-state index is 12.5. The highest BCUT2D eigenvalue weighted by Crippen LogP contribution is 2.30. The molecule has 3 rings (SSSR count). The second-order valence-electron chi connectivity index (χ2n) is 6.22. The van der Waals surface area contributed by atoms with E-state index in [2.05, 4.69) is 34.6 Å². The van der Waals surface area contributed by atoms with Crippen molar-refractivity contribution >= 4 is 23.3 Å². The van der Waals surface area contributed by atoms with Crippen molar-refractivity contribution in [3.8, 4) is 0 Å². The lowest BCUT2D eigenvalue weighted by atomic mass is 10.0. The number of nitrogens with one attached hydrogen (secondary N) is 2. The van der Waals surface area contributed by atoms with Crippen molar-refractivity contribution in [2.24, 2.45) is 0 Å². The smallest absolute Gasteiger partial charge is 0.338 e. The molecule has 1 aliphatic rings. The average molecular weight is 385 g/mol. The highest BCUT2D eigenvalue weighted by Gasteiger charge is 2.34. The topological polar surface area (TPSA) is 70.7 Å². The van der Waals surface area contributed by atoms with E-state index in [0.29, 0.717) is 17.8 Å². The van der Waals surface area contributed by atoms with E-state index >= 15 is 0 Å². The lowest BCUT2D eigenvalue weighted by molar-refractivity contribution is -0.136. The number of ether oxygens (including phenoxy) is 1. The zero-order chi connectivity index (χ0) is 19.2. The Labute approximate surface area is 162 Å². The summed E-state index contributed by atoms with van der Waals surface area (Å²) in [7, 11) is 1.36. The molecule has 27 heavy (non-hydrogen) atoms. The Kier molecular flexibility index (Phi) is 6.26. The van der Waals surface area contributed by atoms with Gasteiger partial charge in [0.05, 0.1) is 18.7 Å². The van der Waals surface area contributed by atoms with Crippen molar-refractivity contribution < 1.29 is 14.3 Å². The third-order valence-corrected chi connectivity index (χ3v) is 5.40. The Morgan fingerprint density at radius 1 is 1.19 bits per heavy atom. The molecule has 2 N–H and O–H groups in total. The van der Waals surface area contributed by atoms with E-state index in [9.17, 15) is 9.59 Å². The minimum atomic E-state index is -0.503. The van der Waals surface area contributed by atoms with Crippen LogP contribution in [0.5, 0.6) is 0 Å². The van der Waals surface area contributed by atoms with Crippen molar-refractivity contribution in [2.75, 3.05) is 20.2 Å². The van der Waals surface area contributed by atoms with Crippen molar-refractivity contribution in [1.82, 2.24) is 15.5 Å². The fourth-order valence-electron chi connectivity index (χ4n) is 3.11. The van der Waals surface area contributed by atoms with Gasteiger partial charge in [-0.05, 0) is 23.6 Å². The number of likely N-dealkylation sites (N-methyl/N-ethyl adjacent to an activating group) is 1. The molecule has 0 bridgehead atoms. The van der Waals surface area contributed by atoms with E-state index in [1.54, 1.807) is 0 Å². The number of carbonyl (C=O) groups is 2. The van der Waals surface area contributed by atoms with E-state index in [4.69, 9.17) is 4.74 Å². The molecular weight excluding hydrogens is 362 g/mol. The number of esters is 1. The summed E-state index contributed by atoms with van der Waals surface area (Å²) < 4.78 is 5.01. The summed E-state index contributed by atoms with van der Waals surface area (Å²) in [6.07, 6.45) is 0. The Balaban J connectivity index is 1.92. The zero-order valence-electron chi connectivity index (χ0n) is 15.4. The Bertz CT molecular complexity index is 818. The summed E-state index contributed by atoms with van der Waals surface area (Å²) in [5.74, 6) is -0.438. The van der Waals surface area contributed by atoms with Gasteiger partial charge in [-0.1, -0.05) is 43.3 Å². The summed E-state index contributed by atoms with van der Waals surface area (Å²) in [5.41, 5.74) is 2.21. The molecule has 7 heteroatoms. The summed E-state index contributed by atoms with van der Waals surface area (Å²) in [4.78, 5) is 27.8. The van der Waals surface area contributed by atoms with E-state index in [0.717, 1.165) is 18.0 Å². The van der Waals surface area contributed by atoms with Crippen LogP contribution in [0.15, 0.2) is 59.1 Å². The molecule has 0 saturated carbocycles. The molecule has 0 saturated heterocycles. The third-order valence-electron chi connectivity index (χ3n) is 4.46. The van der Waals surface area contributed by atoms with Gasteiger partial charge < -0.3 is 15.4 Å². The normalized spacial score (nSPS) is 16.9. The molecule has 1 aromatic heterocycles. The lowest BCUT2D eigenvalue weighted by Crippen LogP contribution is -2.48. The van der Waals surface area contributed by atoms with E-state index in [1.165, 1.54) is 24.0 Å². The number of methoxy groups -OCH3 is 1. The van der Waals surface area contributed by atoms with Crippen molar-refractivity contribution in [1.29, 1.82) is 0 Å². The van der Waals surface area contributed by atoms with Crippen LogP contribution in [0, 0.1) is 0 Å². The van der Waals surface area contributed by atoms with Crippen molar-refractivity contribution in [3.63, 3.8) is 0 Å². The first-order valence-electron chi connectivity index (χ1n) is 8.81. The zero-order valence-corrected chi connectivity index (χ0v) is 16.2. The number of thiophene rings is 1. The first-order valence-corrected chi connectivity index (χ1v) is 9.69. The lowest BCUT2D eigenvalue weighted by Gasteiger charge is -2.31. The van der Waals surface area contributed by atoms with E-state index < -0.39 is 12.0 Å². The largest absolute Gasteiger partial charge is 0.466 e. The van der Waals surface area contributed by atoms with Gasteiger partial charge >= 0.3 is 12.0 Å². The van der Waals surface area contributed by atoms with Gasteiger partial charge in [-0.2, -0.15) is 0 Å². The average Bonchev–Trinajstić information content (AvgIpc) is 3.22. The molecular formula is C20H23N3O3S. The molecule has 0 spiro atoms. The molecule has 0 unspecified atom stereocenters. The summed E-state index contributed by atoms with van der Waals surface area (Å²) >= 11 is 1.49. The second kappa shape index (κ2) is 8.83. The Hall–Kier alpha value is -2.64. The summed E-state index contributed by atoms with van der Waals surface area (Å²) in [5, 5.41) is 7.58. The van der Waals surface area contributed by atoms with Gasteiger partial charge in [0.25, 0.3) is 0 Å². The highest BCUT2D eigenvalue weighted by molar-refractivity contribution is 7.10. The molecule has 1 atom stereocenters. The predicted octanol–water partition coefficient (Wildman–Crippen LogP) is 3.05. The SMILES string of the molecule is CCN(CC1=C(C(=O)OC)[C@@H](c2cccs2)NC(=O)N1)Cc1ccccc1. The van der Waals surface area contributed by atoms with E-state index in [1.807, 2.05) is 35.7 Å². The van der Waals surface area contributed by atoms with Crippen LogP contribution >= 0.6 is 11.3 Å². The maximum absolute atomic E-state index is 12.5. The first kappa shape index (κ1) is 19.1. The minimum Gasteiger partial charge on any atom is -0.466 e. The van der Waals surface area contributed by atoms with Gasteiger partial charge in [-0.25, -0.2) is 9.59 Å². The van der Waals surface area contributed by atoms with Gasteiger partial charge in [0, 0.05) is 23.7 Å². The van der Waals surface area contributed by atoms with Crippen LogP contribution in [0.25, 0.3) is 0 Å². The van der Waals surface area contributed by atoms with Gasteiger partial charge in [-0.15, -0.1) is 11.3 Å². The molecule has 2 aromatic rings. The molecule has 6 nitrogen and oxygen atoms in total. The Morgan fingerprint density at radius 3 is 2.59 bits per heavy atom. The second-order valence-corrected chi connectivity index (χ2v) is 7.20. The quantitative estimate of drug-likeness (QED) is 0.719. The fourth-order valence-corrected chi connectivity index (χ4v) is 3.89. The van der Waals surface area contributed by atoms with Crippen molar-refractivity contribution in [2.45, 2.75) is 19.5 Å².